The van der Waals surface area contributed by atoms with Crippen LogP contribution in [0.1, 0.15) is 106 Å². The van der Waals surface area contributed by atoms with E-state index in [4.69, 9.17) is 0 Å². The second kappa shape index (κ2) is 25.3. The van der Waals surface area contributed by atoms with Crippen molar-refractivity contribution < 1.29 is 28.8 Å². The number of hydrogen-bond donors (Lipinski definition) is 12. The SMILES string of the molecule is CCC1=C2CNC(=O)Nc3cc(C)ccc3NC(=O)NCC3=C(CC)C4=C(CC)C(CNC(=O)NC5=CC[C@H](C)C=C5NC(=O)NCC(C(CC)=C1CNC(=O)NC1C=C(C)C=C[C@@H]1NC(=O)NC4)[C@H]2CC)[C@H]3CC. The summed E-state index contributed by atoms with van der Waals surface area (Å²) in [4.78, 5) is 84.7. The zero-order chi connectivity index (χ0) is 53.9. The van der Waals surface area contributed by atoms with E-state index < -0.39 is 48.3 Å². The normalized spacial score (nSPS) is 26.6. The average Bonchev–Trinajstić information content (AvgIpc) is 3.38. The molecule has 3 aliphatic heterocycles. The highest BCUT2D eigenvalue weighted by molar-refractivity contribution is 5.99. The third kappa shape index (κ3) is 13.2. The fourth-order valence-corrected chi connectivity index (χ4v) is 12.2. The summed E-state index contributed by atoms with van der Waals surface area (Å²) in [5.41, 5.74) is 11.6. The molecule has 404 valence electrons. The quantitative estimate of drug-likeness (QED) is 0.133. The van der Waals surface area contributed by atoms with Crippen LogP contribution in [0.5, 0.6) is 0 Å². The smallest absolute Gasteiger partial charge is 0.319 e. The number of carbonyl (C=O) groups is 6. The minimum Gasteiger partial charge on any atom is -0.337 e. The van der Waals surface area contributed by atoms with E-state index in [-0.39, 0.29) is 68.9 Å². The van der Waals surface area contributed by atoms with E-state index in [1.165, 1.54) is 0 Å². The molecule has 75 heavy (non-hydrogen) atoms. The lowest BCUT2D eigenvalue weighted by atomic mass is 9.68. The van der Waals surface area contributed by atoms with Crippen molar-refractivity contribution in [1.82, 2.24) is 53.2 Å². The molecule has 0 aromatic heterocycles. The first kappa shape index (κ1) is 55.5. The van der Waals surface area contributed by atoms with Gasteiger partial charge in [-0.05, 0) is 128 Å². The van der Waals surface area contributed by atoms with Gasteiger partial charge in [0, 0.05) is 51.1 Å². The molecule has 12 N–H and O–H groups in total. The number of carbonyl (C=O) groups excluding carboxylic acids is 6. The van der Waals surface area contributed by atoms with Crippen LogP contribution in [0.4, 0.5) is 40.1 Å². The molecule has 3 heterocycles. The van der Waals surface area contributed by atoms with Gasteiger partial charge in [0.25, 0.3) is 0 Å². The van der Waals surface area contributed by atoms with E-state index in [1.807, 2.05) is 57.2 Å². The fraction of sp³-hybridized carbons (Fsp3) is 0.509. The molecule has 18 nitrogen and oxygen atoms in total. The molecular formula is C57H80N12O6. The monoisotopic (exact) mass is 1030 g/mol. The summed E-state index contributed by atoms with van der Waals surface area (Å²) in [6, 6.07) is 1.61. The Morgan fingerprint density at radius 2 is 1.01 bits per heavy atom. The maximum absolute atomic E-state index is 14.1. The maximum Gasteiger partial charge on any atom is 0.319 e. The van der Waals surface area contributed by atoms with Crippen molar-refractivity contribution in [3.8, 4) is 0 Å². The predicted molar refractivity (Wildman–Crippen MR) is 296 cm³/mol. The van der Waals surface area contributed by atoms with Gasteiger partial charge in [0.2, 0.25) is 0 Å². The third-order valence-corrected chi connectivity index (χ3v) is 15.7. The molecule has 6 bridgehead atoms. The highest BCUT2D eigenvalue weighted by Gasteiger charge is 2.38. The van der Waals surface area contributed by atoms with Crippen molar-refractivity contribution in [2.45, 2.75) is 119 Å². The summed E-state index contributed by atoms with van der Waals surface area (Å²) in [5, 5.41) is 37.2. The van der Waals surface area contributed by atoms with Crippen molar-refractivity contribution >= 4 is 47.6 Å². The van der Waals surface area contributed by atoms with Crippen LogP contribution in [-0.2, 0) is 0 Å². The Morgan fingerprint density at radius 3 is 1.53 bits per heavy atom. The van der Waals surface area contributed by atoms with Gasteiger partial charge in [0.15, 0.2) is 0 Å². The lowest BCUT2D eigenvalue weighted by molar-refractivity contribution is 0.231. The Balaban J connectivity index is 1.38. The molecule has 18 heteroatoms. The third-order valence-electron chi connectivity index (χ3n) is 15.7. The van der Waals surface area contributed by atoms with Crippen molar-refractivity contribution in [1.29, 1.82) is 0 Å². The van der Waals surface area contributed by atoms with E-state index in [0.29, 0.717) is 67.7 Å². The van der Waals surface area contributed by atoms with Gasteiger partial charge in [-0.3, -0.25) is 0 Å². The van der Waals surface area contributed by atoms with Gasteiger partial charge in [-0.15, -0.1) is 0 Å². The number of aryl methyl sites for hydroxylation is 1. The van der Waals surface area contributed by atoms with Crippen LogP contribution in [0.2, 0.25) is 0 Å². The van der Waals surface area contributed by atoms with Crippen LogP contribution in [0.25, 0.3) is 0 Å². The van der Waals surface area contributed by atoms with Crippen LogP contribution in [0.3, 0.4) is 0 Å². The molecule has 7 atom stereocenters. The topological polar surface area (TPSA) is 247 Å². The Labute approximate surface area is 442 Å². The Morgan fingerprint density at radius 1 is 0.520 bits per heavy atom. The van der Waals surface area contributed by atoms with Crippen LogP contribution in [-0.4, -0.2) is 87.5 Å². The Kier molecular flexibility index (Phi) is 18.7. The van der Waals surface area contributed by atoms with Crippen molar-refractivity contribution in [3.05, 3.63) is 116 Å². The summed E-state index contributed by atoms with van der Waals surface area (Å²) in [6.45, 7) is 19.5. The molecule has 0 spiro atoms. The molecule has 7 aliphatic rings. The van der Waals surface area contributed by atoms with E-state index in [2.05, 4.69) is 105 Å². The van der Waals surface area contributed by atoms with Gasteiger partial charge >= 0.3 is 36.2 Å². The molecule has 0 saturated carbocycles. The molecule has 0 fully saturated rings. The number of nitrogens with one attached hydrogen (secondary N) is 12. The van der Waals surface area contributed by atoms with Crippen molar-refractivity contribution in [3.63, 3.8) is 0 Å². The fourth-order valence-electron chi connectivity index (χ4n) is 12.2. The van der Waals surface area contributed by atoms with Crippen LogP contribution >= 0.6 is 0 Å². The van der Waals surface area contributed by atoms with E-state index in [9.17, 15) is 28.8 Å². The standard InChI is InChI=1S/C57H80N12O6/c1-10-34-40-25-58-52(70)64-46-19-16-31(7)22-49(46)67-55(73)61-28-43-37(13-4)44-29-62-56(74)68-50-23-32(8)17-20-47(50)65-53(71)59-26-41(34)36(12-3)42(35(40)11-2)27-60-54(72)66-48-21-18-33(9)24-51(48)69-57(75)63-30-45(38(43)14-5)39(44)15-6/h16-17,19-24,33,35,38,42,45,47,50H,10-15,18,25-30H2,1-9H3,(H2,58,64,70)(H2,59,65,71)(H2,60,66,72)(H2,61,67,73)(H2,62,68,74)(H2,63,69,75)/t33-,35-,38-,42?,45?,47-,50?/m0/s1. The molecule has 8 rings (SSSR count). The lowest BCUT2D eigenvalue weighted by Crippen LogP contribution is -2.55. The summed E-state index contributed by atoms with van der Waals surface area (Å²) >= 11 is 0. The van der Waals surface area contributed by atoms with Crippen molar-refractivity contribution in [2.75, 3.05) is 49.9 Å². The van der Waals surface area contributed by atoms with Gasteiger partial charge in [0.05, 0.1) is 34.9 Å². The molecule has 3 unspecified atom stereocenters. The Hall–Kier alpha value is -7.24. The summed E-state index contributed by atoms with van der Waals surface area (Å²) in [5.74, 6) is -0.564. The molecular weight excluding hydrogens is 949 g/mol. The highest BCUT2D eigenvalue weighted by atomic mass is 16.2. The highest BCUT2D eigenvalue weighted by Crippen LogP contribution is 2.44. The number of anilines is 2. The minimum absolute atomic E-state index is 0.0923. The van der Waals surface area contributed by atoms with Gasteiger partial charge < -0.3 is 63.8 Å². The van der Waals surface area contributed by atoms with E-state index in [1.54, 1.807) is 12.1 Å². The zero-order valence-electron chi connectivity index (χ0n) is 45.3. The van der Waals surface area contributed by atoms with Gasteiger partial charge in [0.1, 0.15) is 0 Å². The number of amides is 12. The molecule has 4 aliphatic carbocycles. The van der Waals surface area contributed by atoms with Gasteiger partial charge in [-0.25, -0.2) is 28.8 Å². The number of fused-ring (bicyclic) bond motifs is 18. The first-order valence-electron chi connectivity index (χ1n) is 27.2. The van der Waals surface area contributed by atoms with Gasteiger partial charge in [-0.1, -0.05) is 102 Å². The van der Waals surface area contributed by atoms with Crippen molar-refractivity contribution in [2.24, 2.45) is 29.6 Å². The Bertz CT molecular complexity index is 2670. The van der Waals surface area contributed by atoms with Crippen LogP contribution in [0, 0.1) is 36.5 Å². The summed E-state index contributed by atoms with van der Waals surface area (Å²) in [6.07, 6.45) is 14.1. The largest absolute Gasteiger partial charge is 0.337 e. The molecule has 1 aromatic rings. The second-order valence-electron chi connectivity index (χ2n) is 20.4. The molecule has 1 aromatic carbocycles. The maximum atomic E-state index is 14.1. The average molecular weight is 1030 g/mol. The summed E-state index contributed by atoms with van der Waals surface area (Å²) < 4.78 is 0. The minimum atomic E-state index is -0.587. The molecule has 0 saturated heterocycles. The lowest BCUT2D eigenvalue weighted by Gasteiger charge is -2.39. The first-order chi connectivity index (χ1) is 36.1. The molecule has 0 radical (unpaired) electrons. The number of rotatable bonds is 6. The second-order valence-corrected chi connectivity index (χ2v) is 20.4. The number of benzene rings is 1. The summed E-state index contributed by atoms with van der Waals surface area (Å²) in [7, 11) is 0. The van der Waals surface area contributed by atoms with Gasteiger partial charge in [-0.2, -0.15) is 0 Å². The number of allylic oxidation sites excluding steroid dienone is 4. The molecule has 12 amide bonds. The van der Waals surface area contributed by atoms with Crippen LogP contribution in [0.15, 0.2) is 110 Å². The number of hydrogen-bond acceptors (Lipinski definition) is 6. The van der Waals surface area contributed by atoms with Crippen LogP contribution < -0.4 is 63.8 Å². The predicted octanol–water partition coefficient (Wildman–Crippen LogP) is 8.66. The zero-order valence-corrected chi connectivity index (χ0v) is 45.3. The first-order valence-corrected chi connectivity index (χ1v) is 27.2. The number of urea groups is 6. The van der Waals surface area contributed by atoms with E-state index >= 15 is 0 Å². The van der Waals surface area contributed by atoms with E-state index in [0.717, 1.165) is 55.7 Å².